The van der Waals surface area contributed by atoms with Crippen LogP contribution in [0.25, 0.3) is 11.0 Å². The van der Waals surface area contributed by atoms with E-state index in [0.29, 0.717) is 34.5 Å². The number of hydrogen-bond acceptors (Lipinski definition) is 6. The first-order chi connectivity index (χ1) is 18.8. The van der Waals surface area contributed by atoms with E-state index in [1.54, 1.807) is 6.07 Å². The van der Waals surface area contributed by atoms with Gasteiger partial charge in [-0.1, -0.05) is 66.7 Å². The molecule has 0 saturated heterocycles. The van der Waals surface area contributed by atoms with E-state index in [2.05, 4.69) is 18.7 Å². The third kappa shape index (κ3) is 9.24. The summed E-state index contributed by atoms with van der Waals surface area (Å²) in [5, 5.41) is 0.693. The molecule has 0 fully saturated rings. The van der Waals surface area contributed by atoms with Gasteiger partial charge in [0.25, 0.3) is 0 Å². The van der Waals surface area contributed by atoms with Crippen LogP contribution in [0.15, 0.2) is 40.8 Å². The number of aryl methyl sites for hydroxylation is 2. The van der Waals surface area contributed by atoms with Gasteiger partial charge in [0.1, 0.15) is 30.1 Å². The molecule has 0 saturated carbocycles. The van der Waals surface area contributed by atoms with Gasteiger partial charge >= 0.3 is 5.97 Å². The molecule has 0 aliphatic carbocycles. The van der Waals surface area contributed by atoms with Crippen LogP contribution >= 0.6 is 0 Å². The van der Waals surface area contributed by atoms with Crippen LogP contribution in [-0.2, 0) is 16.0 Å². The summed E-state index contributed by atoms with van der Waals surface area (Å²) in [5.41, 5.74) is 3.33. The van der Waals surface area contributed by atoms with Crippen LogP contribution in [0.5, 0.6) is 5.75 Å². The molecule has 216 valence electrons. The summed E-state index contributed by atoms with van der Waals surface area (Å²) in [5.74, 6) is 0.557. The number of benzene rings is 2. The fourth-order valence-electron chi connectivity index (χ4n) is 4.22. The molecule has 0 spiro atoms. The van der Waals surface area contributed by atoms with Gasteiger partial charge in [0, 0.05) is 17.5 Å². The summed E-state index contributed by atoms with van der Waals surface area (Å²) in [6.07, 6.45) is 0.440. The molecule has 0 aliphatic heterocycles. The van der Waals surface area contributed by atoms with Crippen LogP contribution in [0.2, 0.25) is 0 Å². The lowest BCUT2D eigenvalue weighted by atomic mass is 9.96. The molecule has 3 aromatic rings. The lowest BCUT2D eigenvalue weighted by molar-refractivity contribution is -0.147. The monoisotopic (exact) mass is 539 g/mol. The highest BCUT2D eigenvalue weighted by Gasteiger charge is 2.25. The first-order valence-corrected chi connectivity index (χ1v) is 14.5. The predicted molar refractivity (Wildman–Crippen MR) is 161 cm³/mol. The second-order valence-corrected chi connectivity index (χ2v) is 8.93. The Morgan fingerprint density at radius 2 is 1.54 bits per heavy atom. The number of likely N-dealkylation sites (N-methyl/N-ethyl adjacent to an activating group) is 1. The zero-order valence-electron chi connectivity index (χ0n) is 25.8. The smallest absolute Gasteiger partial charge is 0.313 e. The van der Waals surface area contributed by atoms with Crippen LogP contribution in [0.4, 0.5) is 0 Å². The van der Waals surface area contributed by atoms with Gasteiger partial charge in [0.05, 0.1) is 11.7 Å². The van der Waals surface area contributed by atoms with E-state index in [4.69, 9.17) is 13.9 Å². The minimum Gasteiger partial charge on any atom is -0.492 e. The molecule has 0 aliphatic rings. The Balaban J connectivity index is 0.00000181. The molecular weight excluding hydrogens is 490 g/mol. The van der Waals surface area contributed by atoms with E-state index in [9.17, 15) is 9.59 Å². The van der Waals surface area contributed by atoms with Gasteiger partial charge in [-0.2, -0.15) is 0 Å². The number of carbonyl (C=O) groups excluding carboxylic acids is 2. The lowest BCUT2D eigenvalue weighted by Gasteiger charge is -2.19. The zero-order valence-corrected chi connectivity index (χ0v) is 25.8. The minimum absolute atomic E-state index is 0.0926. The molecule has 2 aromatic carbocycles. The van der Waals surface area contributed by atoms with Crippen molar-refractivity contribution < 1.29 is 23.5 Å². The Kier molecular flexibility index (Phi) is 15.2. The molecule has 0 radical (unpaired) electrons. The van der Waals surface area contributed by atoms with Crippen LogP contribution in [0.1, 0.15) is 94.6 Å². The quantitative estimate of drug-likeness (QED) is 0.172. The highest BCUT2D eigenvalue weighted by atomic mass is 16.5. The average molecular weight is 540 g/mol. The third-order valence-electron chi connectivity index (χ3n) is 6.38. The lowest BCUT2D eigenvalue weighted by Crippen LogP contribution is -2.28. The molecule has 6 nitrogen and oxygen atoms in total. The van der Waals surface area contributed by atoms with Gasteiger partial charge in [-0.25, -0.2) is 0 Å². The second kappa shape index (κ2) is 17.5. The predicted octanol–water partition coefficient (Wildman–Crippen LogP) is 7.94. The summed E-state index contributed by atoms with van der Waals surface area (Å²) in [6, 6.07) is 11.1. The molecule has 1 aromatic heterocycles. The molecule has 0 bridgehead atoms. The number of nitrogens with zero attached hydrogens (tertiary/aromatic N) is 1. The Morgan fingerprint density at radius 1 is 0.949 bits per heavy atom. The third-order valence-corrected chi connectivity index (χ3v) is 6.38. The Hall–Kier alpha value is -3.12. The molecule has 1 heterocycles. The summed E-state index contributed by atoms with van der Waals surface area (Å²) >= 11 is 0. The SMILES string of the molecule is CC.CC.CCC(C)OC(=O)Cc1oc2ccccc2c1C(=O)c1cc(C)c(OCCN(CC)CC)c(C)c1. The maximum Gasteiger partial charge on any atom is 0.313 e. The fourth-order valence-corrected chi connectivity index (χ4v) is 4.22. The summed E-state index contributed by atoms with van der Waals surface area (Å²) < 4.78 is 17.5. The molecule has 1 unspecified atom stereocenters. The van der Waals surface area contributed by atoms with Crippen molar-refractivity contribution in [1.29, 1.82) is 0 Å². The molecular formula is C33H49NO5. The number of fused-ring (bicyclic) bond motifs is 1. The molecule has 0 N–H and O–H groups in total. The topological polar surface area (TPSA) is 69.0 Å². The number of esters is 1. The van der Waals surface area contributed by atoms with Crippen molar-refractivity contribution in [3.8, 4) is 5.75 Å². The number of carbonyl (C=O) groups is 2. The number of para-hydroxylation sites is 1. The Labute approximate surface area is 235 Å². The van der Waals surface area contributed by atoms with Gasteiger partial charge < -0.3 is 18.8 Å². The van der Waals surface area contributed by atoms with Gasteiger partial charge in [-0.15, -0.1) is 0 Å². The molecule has 0 amide bonds. The van der Waals surface area contributed by atoms with Crippen molar-refractivity contribution in [2.24, 2.45) is 0 Å². The normalized spacial score (nSPS) is 11.3. The van der Waals surface area contributed by atoms with Crippen LogP contribution < -0.4 is 4.74 Å². The van der Waals surface area contributed by atoms with E-state index in [1.807, 2.05) is 85.7 Å². The van der Waals surface area contributed by atoms with Crippen molar-refractivity contribution in [3.05, 3.63) is 64.4 Å². The van der Waals surface area contributed by atoms with E-state index in [0.717, 1.165) is 42.9 Å². The van der Waals surface area contributed by atoms with Crippen LogP contribution in [-0.4, -0.2) is 49.0 Å². The highest BCUT2D eigenvalue weighted by molar-refractivity contribution is 6.17. The van der Waals surface area contributed by atoms with Gasteiger partial charge in [-0.05, 0) is 69.6 Å². The molecule has 3 rings (SSSR count). The zero-order chi connectivity index (χ0) is 29.5. The van der Waals surface area contributed by atoms with Crippen LogP contribution in [0, 0.1) is 13.8 Å². The fraction of sp³-hybridized carbons (Fsp3) is 0.515. The number of ether oxygens (including phenoxy) is 2. The van der Waals surface area contributed by atoms with Crippen molar-refractivity contribution >= 4 is 22.7 Å². The van der Waals surface area contributed by atoms with Crippen LogP contribution in [0.3, 0.4) is 0 Å². The first kappa shape index (κ1) is 33.9. The highest BCUT2D eigenvalue weighted by Crippen LogP contribution is 2.31. The second-order valence-electron chi connectivity index (χ2n) is 8.93. The van der Waals surface area contributed by atoms with Gasteiger partial charge in [-0.3, -0.25) is 9.59 Å². The Bertz CT molecular complexity index is 1150. The van der Waals surface area contributed by atoms with Crippen molar-refractivity contribution in [2.75, 3.05) is 26.2 Å². The minimum atomic E-state index is -0.406. The maximum atomic E-state index is 13.7. The number of ketones is 1. The average Bonchev–Trinajstić information content (AvgIpc) is 3.31. The molecule has 1 atom stereocenters. The Morgan fingerprint density at radius 3 is 2.10 bits per heavy atom. The summed E-state index contributed by atoms with van der Waals surface area (Å²) in [7, 11) is 0. The van der Waals surface area contributed by atoms with E-state index in [1.165, 1.54) is 0 Å². The van der Waals surface area contributed by atoms with E-state index in [-0.39, 0.29) is 18.3 Å². The van der Waals surface area contributed by atoms with Crippen molar-refractivity contribution in [1.82, 2.24) is 4.90 Å². The number of rotatable bonds is 12. The van der Waals surface area contributed by atoms with E-state index >= 15 is 0 Å². The number of hydrogen-bond donors (Lipinski definition) is 0. The molecule has 6 heteroatoms. The van der Waals surface area contributed by atoms with E-state index < -0.39 is 5.97 Å². The van der Waals surface area contributed by atoms with Gasteiger partial charge in [0.15, 0.2) is 5.78 Å². The van der Waals surface area contributed by atoms with Crippen molar-refractivity contribution in [2.45, 2.75) is 88.2 Å². The van der Waals surface area contributed by atoms with Crippen molar-refractivity contribution in [3.63, 3.8) is 0 Å². The summed E-state index contributed by atoms with van der Waals surface area (Å²) in [4.78, 5) is 28.5. The largest absolute Gasteiger partial charge is 0.492 e. The summed E-state index contributed by atoms with van der Waals surface area (Å²) in [6.45, 7) is 23.4. The molecule has 39 heavy (non-hydrogen) atoms. The number of furan rings is 1. The maximum absolute atomic E-state index is 13.7. The standard InChI is InChI=1S/C29H37NO5.2C2H6/c1-7-21(6)34-26(31)18-25-27(23-12-10-11-13-24(23)35-25)28(32)22-16-19(4)29(20(5)17-22)33-15-14-30(8-2)9-3;2*1-2/h10-13,16-17,21H,7-9,14-15,18H2,1-6H3;2*1-2H3. The first-order valence-electron chi connectivity index (χ1n) is 14.5. The van der Waals surface area contributed by atoms with Gasteiger partial charge in [0.2, 0.25) is 0 Å².